The molecule has 1 N–H and O–H groups in total. The Morgan fingerprint density at radius 3 is 3.00 bits per heavy atom. The van der Waals surface area contributed by atoms with Crippen molar-refractivity contribution < 1.29 is 0 Å². The number of nitrogens with one attached hydrogen (secondary N) is 1. The molecule has 1 aliphatic rings. The van der Waals surface area contributed by atoms with E-state index in [4.69, 9.17) is 0 Å². The molecule has 0 aliphatic heterocycles. The first-order valence-corrected chi connectivity index (χ1v) is 6.63. The van der Waals surface area contributed by atoms with Gasteiger partial charge in [0, 0.05) is 17.7 Å². The van der Waals surface area contributed by atoms with Crippen molar-refractivity contribution in [1.82, 2.24) is 10.2 Å². The zero-order chi connectivity index (χ0) is 13.0. The van der Waals surface area contributed by atoms with Crippen LogP contribution in [0.5, 0.6) is 0 Å². The molecule has 0 radical (unpaired) electrons. The average molecular weight is 243 g/mol. The van der Waals surface area contributed by atoms with E-state index in [9.17, 15) is 0 Å². The predicted molar refractivity (Wildman–Crippen MR) is 76.3 cm³/mol. The highest BCUT2D eigenvalue weighted by atomic mass is 15.2. The van der Waals surface area contributed by atoms with Crippen LogP contribution in [0, 0.1) is 18.8 Å². The van der Waals surface area contributed by atoms with Crippen LogP contribution in [0.1, 0.15) is 32.3 Å². The van der Waals surface area contributed by atoms with Crippen molar-refractivity contribution in [2.45, 2.75) is 33.6 Å². The Bertz CT molecular complexity index is 480. The van der Waals surface area contributed by atoms with Crippen molar-refractivity contribution in [3.8, 4) is 0 Å². The Kier molecular flexibility index (Phi) is 4.13. The summed E-state index contributed by atoms with van der Waals surface area (Å²) in [6, 6.07) is 0. The number of rotatable bonds is 4. The normalized spacial score (nSPS) is 21.3. The third-order valence-electron chi connectivity index (χ3n) is 3.50. The van der Waals surface area contributed by atoms with Crippen LogP contribution < -0.4 is 0 Å². The van der Waals surface area contributed by atoms with Gasteiger partial charge in [0.25, 0.3) is 0 Å². The lowest BCUT2D eigenvalue weighted by molar-refractivity contribution is 0.625. The molecule has 0 saturated heterocycles. The topological polar surface area (TPSA) is 41.0 Å². The van der Waals surface area contributed by atoms with Crippen molar-refractivity contribution in [3.63, 3.8) is 0 Å². The molecule has 1 heterocycles. The van der Waals surface area contributed by atoms with E-state index in [0.29, 0.717) is 11.8 Å². The van der Waals surface area contributed by atoms with Crippen molar-refractivity contribution in [1.29, 1.82) is 0 Å². The predicted octanol–water partition coefficient (Wildman–Crippen LogP) is 3.97. The maximum Gasteiger partial charge on any atom is 0.150 e. The highest BCUT2D eigenvalue weighted by Crippen LogP contribution is 2.23. The van der Waals surface area contributed by atoms with E-state index in [0.717, 1.165) is 17.8 Å². The fraction of sp³-hybridized carbons (Fsp3) is 0.467. The van der Waals surface area contributed by atoms with Crippen LogP contribution >= 0.6 is 0 Å². The summed E-state index contributed by atoms with van der Waals surface area (Å²) < 4.78 is 0. The number of aryl methyl sites for hydroxylation is 1. The van der Waals surface area contributed by atoms with Crippen molar-refractivity contribution >= 4 is 12.0 Å². The lowest BCUT2D eigenvalue weighted by Gasteiger charge is -2.16. The van der Waals surface area contributed by atoms with Crippen LogP contribution in [0.3, 0.4) is 0 Å². The van der Waals surface area contributed by atoms with E-state index in [2.05, 4.69) is 47.3 Å². The Morgan fingerprint density at radius 1 is 1.61 bits per heavy atom. The van der Waals surface area contributed by atoms with Crippen LogP contribution in [0.25, 0.3) is 0 Å². The van der Waals surface area contributed by atoms with E-state index in [1.54, 1.807) is 6.20 Å². The molecule has 0 fully saturated rings. The van der Waals surface area contributed by atoms with E-state index < -0.39 is 0 Å². The number of H-pyrrole nitrogens is 1. The Labute approximate surface area is 109 Å². The third-order valence-corrected chi connectivity index (χ3v) is 3.50. The Morgan fingerprint density at radius 2 is 2.44 bits per heavy atom. The van der Waals surface area contributed by atoms with Gasteiger partial charge < -0.3 is 0 Å². The van der Waals surface area contributed by atoms with Crippen LogP contribution in [-0.2, 0) is 0 Å². The molecule has 96 valence electrons. The lowest BCUT2D eigenvalue weighted by Crippen LogP contribution is -2.05. The summed E-state index contributed by atoms with van der Waals surface area (Å²) in [4.78, 5) is 4.46. The number of hydrogen-bond donors (Lipinski definition) is 1. The molecular formula is C15H21N3. The largest absolute Gasteiger partial charge is 0.261 e. The first-order valence-electron chi connectivity index (χ1n) is 6.63. The number of aliphatic imine (C=N–C) groups is 1. The van der Waals surface area contributed by atoms with Crippen molar-refractivity contribution in [2.24, 2.45) is 16.8 Å². The maximum absolute atomic E-state index is 4.46. The van der Waals surface area contributed by atoms with E-state index in [1.807, 2.05) is 13.1 Å². The van der Waals surface area contributed by atoms with Gasteiger partial charge in [-0.15, -0.1) is 0 Å². The number of aromatic amines is 1. The summed E-state index contributed by atoms with van der Waals surface area (Å²) in [6.07, 6.45) is 13.1. The molecule has 2 rings (SSSR count). The van der Waals surface area contributed by atoms with E-state index in [1.165, 1.54) is 12.0 Å². The SMILES string of the molecule is CCC1C=CC(C(C)/C=N\c2[nH]ncc2C)=CC1. The van der Waals surface area contributed by atoms with Crippen LogP contribution in [0.4, 0.5) is 5.82 Å². The van der Waals surface area contributed by atoms with E-state index >= 15 is 0 Å². The van der Waals surface area contributed by atoms with Gasteiger partial charge in [-0.1, -0.05) is 32.1 Å². The monoisotopic (exact) mass is 243 g/mol. The fourth-order valence-corrected chi connectivity index (χ4v) is 2.06. The minimum Gasteiger partial charge on any atom is -0.261 e. The van der Waals surface area contributed by atoms with Crippen LogP contribution in [-0.4, -0.2) is 16.4 Å². The van der Waals surface area contributed by atoms with Gasteiger partial charge in [-0.2, -0.15) is 5.10 Å². The molecule has 0 spiro atoms. The smallest absolute Gasteiger partial charge is 0.150 e. The fourth-order valence-electron chi connectivity index (χ4n) is 2.06. The number of nitrogens with zero attached hydrogens (tertiary/aromatic N) is 2. The second-order valence-corrected chi connectivity index (χ2v) is 4.94. The average Bonchev–Trinajstić information content (AvgIpc) is 2.81. The molecular weight excluding hydrogens is 222 g/mol. The van der Waals surface area contributed by atoms with Gasteiger partial charge in [0.2, 0.25) is 0 Å². The third kappa shape index (κ3) is 2.97. The molecule has 0 saturated carbocycles. The number of allylic oxidation sites excluding steroid dienone is 4. The molecule has 1 aliphatic carbocycles. The molecule has 0 bridgehead atoms. The van der Waals surface area contributed by atoms with Crippen molar-refractivity contribution in [2.75, 3.05) is 0 Å². The van der Waals surface area contributed by atoms with Gasteiger partial charge in [0.15, 0.2) is 0 Å². The molecule has 1 aromatic heterocycles. The zero-order valence-electron chi connectivity index (χ0n) is 11.4. The van der Waals surface area contributed by atoms with Gasteiger partial charge in [-0.3, -0.25) is 5.10 Å². The molecule has 18 heavy (non-hydrogen) atoms. The van der Waals surface area contributed by atoms with Gasteiger partial charge >= 0.3 is 0 Å². The van der Waals surface area contributed by atoms with Crippen molar-refractivity contribution in [3.05, 3.63) is 35.6 Å². The summed E-state index contributed by atoms with van der Waals surface area (Å²) in [5, 5.41) is 6.86. The lowest BCUT2D eigenvalue weighted by atomic mass is 9.90. The number of aromatic nitrogens is 2. The Balaban J connectivity index is 1.99. The molecule has 1 aromatic rings. The summed E-state index contributed by atoms with van der Waals surface area (Å²) in [5.74, 6) is 1.92. The molecule has 0 aromatic carbocycles. The maximum atomic E-state index is 4.46. The van der Waals surface area contributed by atoms with Gasteiger partial charge in [-0.25, -0.2) is 4.99 Å². The standard InChI is InChI=1S/C15H21N3/c1-4-13-5-7-14(8-6-13)11(2)9-16-15-12(3)10-17-18-15/h5,7-11,13H,4,6H2,1-3H3,(H,17,18)/b16-9-. The minimum absolute atomic E-state index is 0.349. The molecule has 2 atom stereocenters. The highest BCUT2D eigenvalue weighted by molar-refractivity contribution is 5.69. The first kappa shape index (κ1) is 12.8. The molecule has 3 nitrogen and oxygen atoms in total. The second-order valence-electron chi connectivity index (χ2n) is 4.94. The quantitative estimate of drug-likeness (QED) is 0.799. The molecule has 2 unspecified atom stereocenters. The van der Waals surface area contributed by atoms with E-state index in [-0.39, 0.29) is 0 Å². The zero-order valence-corrected chi connectivity index (χ0v) is 11.4. The second kappa shape index (κ2) is 5.80. The number of hydrogen-bond acceptors (Lipinski definition) is 2. The molecule has 3 heteroatoms. The first-order chi connectivity index (χ1) is 8.70. The van der Waals surface area contributed by atoms with Gasteiger partial charge in [-0.05, 0) is 31.3 Å². The van der Waals surface area contributed by atoms with Gasteiger partial charge in [0.05, 0.1) is 6.20 Å². The van der Waals surface area contributed by atoms with Crippen LogP contribution in [0.2, 0.25) is 0 Å². The summed E-state index contributed by atoms with van der Waals surface area (Å²) in [6.45, 7) is 6.42. The summed E-state index contributed by atoms with van der Waals surface area (Å²) >= 11 is 0. The Hall–Kier alpha value is -1.64. The summed E-state index contributed by atoms with van der Waals surface area (Å²) in [5.41, 5.74) is 2.44. The molecule has 0 amide bonds. The minimum atomic E-state index is 0.349. The van der Waals surface area contributed by atoms with Gasteiger partial charge in [0.1, 0.15) is 5.82 Å². The summed E-state index contributed by atoms with van der Waals surface area (Å²) in [7, 11) is 0. The highest BCUT2D eigenvalue weighted by Gasteiger charge is 2.10. The van der Waals surface area contributed by atoms with Crippen LogP contribution in [0.15, 0.2) is 35.0 Å².